The molecule has 1 amide bonds. The third-order valence-corrected chi connectivity index (χ3v) is 6.17. The molecule has 5 nitrogen and oxygen atoms in total. The Labute approximate surface area is 183 Å². The molecular weight excluding hydrogens is 384 g/mol. The molecule has 4 rings (SSSR count). The van der Waals surface area contributed by atoms with Crippen LogP contribution in [0, 0.1) is 38.0 Å². The van der Waals surface area contributed by atoms with Crippen molar-refractivity contribution in [3.05, 3.63) is 70.4 Å². The molecule has 0 radical (unpaired) electrons. The lowest BCUT2D eigenvalue weighted by atomic mass is 9.94. The van der Waals surface area contributed by atoms with Crippen molar-refractivity contribution in [2.45, 2.75) is 40.2 Å². The monoisotopic (exact) mass is 412 g/mol. The van der Waals surface area contributed by atoms with Gasteiger partial charge in [0.25, 0.3) is 0 Å². The van der Waals surface area contributed by atoms with Crippen molar-refractivity contribution in [3.8, 4) is 6.07 Å². The van der Waals surface area contributed by atoms with Crippen LogP contribution in [0.5, 0.6) is 0 Å². The SMILES string of the molecule is Cc1ccc(CNC(=O)C2CCN(c3c(C#N)cnc4c(C)cc(C)cc34)CC2)cc1. The van der Waals surface area contributed by atoms with E-state index in [0.29, 0.717) is 12.1 Å². The number of nitrogens with zero attached hydrogens (tertiary/aromatic N) is 3. The van der Waals surface area contributed by atoms with Crippen LogP contribution in [0.3, 0.4) is 0 Å². The van der Waals surface area contributed by atoms with Crippen molar-refractivity contribution in [1.82, 2.24) is 10.3 Å². The van der Waals surface area contributed by atoms with E-state index in [4.69, 9.17) is 0 Å². The Morgan fingerprint density at radius 3 is 2.52 bits per heavy atom. The number of benzene rings is 2. The van der Waals surface area contributed by atoms with E-state index in [2.05, 4.69) is 78.4 Å². The summed E-state index contributed by atoms with van der Waals surface area (Å²) >= 11 is 0. The van der Waals surface area contributed by atoms with E-state index >= 15 is 0 Å². The molecule has 31 heavy (non-hydrogen) atoms. The van der Waals surface area contributed by atoms with E-state index in [1.54, 1.807) is 6.20 Å². The molecule has 1 aromatic heterocycles. The Morgan fingerprint density at radius 2 is 1.84 bits per heavy atom. The fourth-order valence-corrected chi connectivity index (χ4v) is 4.47. The number of nitriles is 1. The molecule has 2 aromatic carbocycles. The highest BCUT2D eigenvalue weighted by atomic mass is 16.1. The number of aryl methyl sites for hydroxylation is 3. The predicted molar refractivity (Wildman–Crippen MR) is 124 cm³/mol. The first-order chi connectivity index (χ1) is 15.0. The molecule has 0 spiro atoms. The van der Waals surface area contributed by atoms with Crippen LogP contribution in [0.1, 0.15) is 40.7 Å². The van der Waals surface area contributed by atoms with Gasteiger partial charge in [0.05, 0.1) is 16.8 Å². The van der Waals surface area contributed by atoms with Crippen molar-refractivity contribution in [3.63, 3.8) is 0 Å². The summed E-state index contributed by atoms with van der Waals surface area (Å²) in [4.78, 5) is 19.5. The Morgan fingerprint density at radius 1 is 1.13 bits per heavy atom. The van der Waals surface area contributed by atoms with Gasteiger partial charge in [-0.2, -0.15) is 5.26 Å². The average Bonchev–Trinajstić information content (AvgIpc) is 2.77. The van der Waals surface area contributed by atoms with Gasteiger partial charge in [-0.1, -0.05) is 41.5 Å². The minimum absolute atomic E-state index is 0.00353. The lowest BCUT2D eigenvalue weighted by Crippen LogP contribution is -2.40. The summed E-state index contributed by atoms with van der Waals surface area (Å²) < 4.78 is 0. The summed E-state index contributed by atoms with van der Waals surface area (Å²) in [5.41, 5.74) is 7.10. The Balaban J connectivity index is 1.47. The van der Waals surface area contributed by atoms with Crippen molar-refractivity contribution in [2.24, 2.45) is 5.92 Å². The standard InChI is InChI=1S/C26H28N4O/c1-17-4-6-20(7-5-17)15-29-26(31)21-8-10-30(11-9-21)25-22(14-27)16-28-24-19(3)12-18(2)13-23(24)25/h4-7,12-13,16,21H,8-11,15H2,1-3H3,(H,29,31). The maximum Gasteiger partial charge on any atom is 0.223 e. The van der Waals surface area contributed by atoms with Crippen LogP contribution >= 0.6 is 0 Å². The molecule has 2 heterocycles. The number of carbonyl (C=O) groups is 1. The number of carbonyl (C=O) groups excluding carboxylic acids is 1. The molecule has 1 N–H and O–H groups in total. The van der Waals surface area contributed by atoms with Crippen molar-refractivity contribution in [2.75, 3.05) is 18.0 Å². The maximum absolute atomic E-state index is 12.7. The third kappa shape index (κ3) is 4.39. The molecular formula is C26H28N4O. The normalized spacial score (nSPS) is 14.5. The zero-order chi connectivity index (χ0) is 22.0. The zero-order valence-corrected chi connectivity index (χ0v) is 18.4. The number of rotatable bonds is 4. The molecule has 0 atom stereocenters. The van der Waals surface area contributed by atoms with E-state index in [1.165, 1.54) is 5.56 Å². The van der Waals surface area contributed by atoms with Gasteiger partial charge in [-0.05, 0) is 50.8 Å². The fraction of sp³-hybridized carbons (Fsp3) is 0.346. The lowest BCUT2D eigenvalue weighted by molar-refractivity contribution is -0.125. The van der Waals surface area contributed by atoms with Crippen LogP contribution in [0.4, 0.5) is 5.69 Å². The van der Waals surface area contributed by atoms with Crippen molar-refractivity contribution >= 4 is 22.5 Å². The molecule has 0 unspecified atom stereocenters. The molecule has 0 saturated carbocycles. The van der Waals surface area contributed by atoms with E-state index in [-0.39, 0.29) is 11.8 Å². The third-order valence-electron chi connectivity index (χ3n) is 6.17. The molecule has 1 aliphatic heterocycles. The minimum Gasteiger partial charge on any atom is -0.370 e. The van der Waals surface area contributed by atoms with Gasteiger partial charge in [0, 0.05) is 37.1 Å². The first-order valence-electron chi connectivity index (χ1n) is 10.8. The van der Waals surface area contributed by atoms with Crippen LogP contribution in [-0.2, 0) is 11.3 Å². The zero-order valence-electron chi connectivity index (χ0n) is 18.4. The van der Waals surface area contributed by atoms with Crippen LogP contribution in [-0.4, -0.2) is 24.0 Å². The lowest BCUT2D eigenvalue weighted by Gasteiger charge is -2.34. The second-order valence-corrected chi connectivity index (χ2v) is 8.57. The van der Waals surface area contributed by atoms with E-state index < -0.39 is 0 Å². The molecule has 1 fully saturated rings. The molecule has 3 aromatic rings. The molecule has 5 heteroatoms. The van der Waals surface area contributed by atoms with Crippen molar-refractivity contribution < 1.29 is 4.79 Å². The van der Waals surface area contributed by atoms with Crippen molar-refractivity contribution in [1.29, 1.82) is 5.26 Å². The quantitative estimate of drug-likeness (QED) is 0.682. The maximum atomic E-state index is 12.7. The van der Waals surface area contributed by atoms with E-state index in [0.717, 1.165) is 59.2 Å². The second-order valence-electron chi connectivity index (χ2n) is 8.57. The minimum atomic E-state index is 0.00353. The molecule has 158 valence electrons. The van der Waals surface area contributed by atoms with Gasteiger partial charge in [0.1, 0.15) is 6.07 Å². The number of hydrogen-bond donors (Lipinski definition) is 1. The van der Waals surface area contributed by atoms with Gasteiger partial charge >= 0.3 is 0 Å². The highest BCUT2D eigenvalue weighted by Crippen LogP contribution is 2.34. The van der Waals surface area contributed by atoms with E-state index in [1.807, 2.05) is 0 Å². The van der Waals surface area contributed by atoms with E-state index in [9.17, 15) is 10.1 Å². The summed E-state index contributed by atoms with van der Waals surface area (Å²) in [6.07, 6.45) is 3.23. The van der Waals surface area contributed by atoms with Crippen LogP contribution in [0.15, 0.2) is 42.6 Å². The van der Waals surface area contributed by atoms with Crippen LogP contribution in [0.2, 0.25) is 0 Å². The average molecular weight is 413 g/mol. The summed E-state index contributed by atoms with van der Waals surface area (Å²) in [5.74, 6) is 0.121. The van der Waals surface area contributed by atoms with Crippen LogP contribution < -0.4 is 10.2 Å². The Bertz CT molecular complexity index is 1150. The van der Waals surface area contributed by atoms with Gasteiger partial charge in [-0.15, -0.1) is 0 Å². The number of fused-ring (bicyclic) bond motifs is 1. The summed E-state index contributed by atoms with van der Waals surface area (Å²) in [6.45, 7) is 8.25. The van der Waals surface area contributed by atoms with Gasteiger partial charge in [0.2, 0.25) is 5.91 Å². The number of pyridine rings is 1. The van der Waals surface area contributed by atoms with Gasteiger partial charge in [-0.3, -0.25) is 9.78 Å². The molecule has 1 aliphatic rings. The highest BCUT2D eigenvalue weighted by Gasteiger charge is 2.27. The topological polar surface area (TPSA) is 69.0 Å². The first kappa shape index (κ1) is 20.9. The number of nitrogens with one attached hydrogen (secondary N) is 1. The number of aromatic nitrogens is 1. The summed E-state index contributed by atoms with van der Waals surface area (Å²) in [6, 6.07) is 14.8. The number of piperidine rings is 1. The number of amides is 1. The smallest absolute Gasteiger partial charge is 0.223 e. The molecule has 0 aliphatic carbocycles. The van der Waals surface area contributed by atoms with Crippen LogP contribution in [0.25, 0.3) is 10.9 Å². The number of hydrogen-bond acceptors (Lipinski definition) is 4. The predicted octanol–water partition coefficient (Wildman–Crippen LogP) is 4.56. The molecule has 0 bridgehead atoms. The highest BCUT2D eigenvalue weighted by molar-refractivity contribution is 5.96. The number of anilines is 1. The molecule has 1 saturated heterocycles. The van der Waals surface area contributed by atoms with Gasteiger partial charge in [0.15, 0.2) is 0 Å². The Hall–Kier alpha value is -3.39. The summed E-state index contributed by atoms with van der Waals surface area (Å²) in [5, 5.41) is 13.8. The first-order valence-corrected chi connectivity index (χ1v) is 10.8. The fourth-order valence-electron chi connectivity index (χ4n) is 4.47. The Kier molecular flexibility index (Phi) is 5.90. The summed E-state index contributed by atoms with van der Waals surface area (Å²) in [7, 11) is 0. The van der Waals surface area contributed by atoms with Gasteiger partial charge < -0.3 is 10.2 Å². The largest absolute Gasteiger partial charge is 0.370 e. The van der Waals surface area contributed by atoms with Gasteiger partial charge in [-0.25, -0.2) is 0 Å². The second kappa shape index (κ2) is 8.77.